The van der Waals surface area contributed by atoms with Crippen molar-refractivity contribution in [3.63, 3.8) is 0 Å². The SMILES string of the molecule is CC.Cc1c(F)cc(F)cc1C(C)Oc1nc(Br)cnc1N. The Kier molecular flexibility index (Phi) is 6.67. The van der Waals surface area contributed by atoms with Gasteiger partial charge >= 0.3 is 0 Å². The van der Waals surface area contributed by atoms with Gasteiger partial charge in [-0.25, -0.2) is 18.7 Å². The number of benzene rings is 1. The average molecular weight is 374 g/mol. The van der Waals surface area contributed by atoms with Crippen molar-refractivity contribution in [3.05, 3.63) is 45.7 Å². The number of nitrogens with zero attached hydrogens (tertiary/aromatic N) is 2. The van der Waals surface area contributed by atoms with Crippen molar-refractivity contribution in [2.75, 3.05) is 5.73 Å². The van der Waals surface area contributed by atoms with Gasteiger partial charge in [0.2, 0.25) is 0 Å². The summed E-state index contributed by atoms with van der Waals surface area (Å²) in [6.07, 6.45) is 0.811. The Morgan fingerprint density at radius 2 is 1.91 bits per heavy atom. The molecule has 120 valence electrons. The third-order valence-corrected chi connectivity index (χ3v) is 3.20. The summed E-state index contributed by atoms with van der Waals surface area (Å²) in [4.78, 5) is 7.91. The standard InChI is InChI=1S/C13H12BrF2N3O.C2H6/c1-6-9(3-8(15)4-10(6)16)7(2)20-13-12(17)18-5-11(14)19-13;1-2/h3-5,7H,1-2H3,(H2,17,18);1-2H3. The maximum atomic E-state index is 13.5. The first-order valence-corrected chi connectivity index (χ1v) is 7.58. The van der Waals surface area contributed by atoms with Crippen LogP contribution in [0.1, 0.15) is 38.0 Å². The Labute approximate surface area is 136 Å². The van der Waals surface area contributed by atoms with Crippen molar-refractivity contribution >= 4 is 21.7 Å². The number of nitrogens with two attached hydrogens (primary N) is 1. The van der Waals surface area contributed by atoms with Gasteiger partial charge in [-0.15, -0.1) is 0 Å². The van der Waals surface area contributed by atoms with E-state index >= 15 is 0 Å². The van der Waals surface area contributed by atoms with E-state index < -0.39 is 17.7 Å². The van der Waals surface area contributed by atoms with E-state index in [1.54, 1.807) is 13.8 Å². The van der Waals surface area contributed by atoms with Gasteiger partial charge in [-0.2, -0.15) is 0 Å². The molecule has 1 atom stereocenters. The minimum atomic E-state index is -0.660. The van der Waals surface area contributed by atoms with Crippen LogP contribution >= 0.6 is 15.9 Å². The molecular weight excluding hydrogens is 356 g/mol. The molecule has 1 unspecified atom stereocenters. The lowest BCUT2D eigenvalue weighted by molar-refractivity contribution is 0.216. The second-order valence-electron chi connectivity index (χ2n) is 4.25. The van der Waals surface area contributed by atoms with E-state index in [4.69, 9.17) is 10.5 Å². The maximum absolute atomic E-state index is 13.5. The van der Waals surface area contributed by atoms with Gasteiger partial charge in [-0.05, 0) is 41.4 Å². The average Bonchev–Trinajstić information content (AvgIpc) is 2.48. The molecule has 1 aromatic heterocycles. The van der Waals surface area contributed by atoms with Crippen LogP contribution in [0.2, 0.25) is 0 Å². The van der Waals surface area contributed by atoms with E-state index in [9.17, 15) is 8.78 Å². The first-order chi connectivity index (χ1) is 10.4. The minimum Gasteiger partial charge on any atom is -0.467 e. The quantitative estimate of drug-likeness (QED) is 0.855. The summed E-state index contributed by atoms with van der Waals surface area (Å²) in [6.45, 7) is 7.21. The summed E-state index contributed by atoms with van der Waals surface area (Å²) in [7, 11) is 0. The van der Waals surface area contributed by atoms with Gasteiger partial charge in [0.05, 0.1) is 6.20 Å². The van der Waals surface area contributed by atoms with E-state index in [1.165, 1.54) is 12.3 Å². The Hall–Kier alpha value is -1.76. The lowest BCUT2D eigenvalue weighted by atomic mass is 10.0. The highest BCUT2D eigenvalue weighted by molar-refractivity contribution is 9.10. The number of aromatic nitrogens is 2. The Morgan fingerprint density at radius 3 is 2.55 bits per heavy atom. The number of anilines is 1. The minimum absolute atomic E-state index is 0.106. The zero-order chi connectivity index (χ0) is 16.9. The normalized spacial score (nSPS) is 11.4. The smallest absolute Gasteiger partial charge is 0.258 e. The van der Waals surface area contributed by atoms with Gasteiger partial charge in [-0.1, -0.05) is 13.8 Å². The Bertz CT molecular complexity index is 653. The van der Waals surface area contributed by atoms with E-state index in [1.807, 2.05) is 13.8 Å². The summed E-state index contributed by atoms with van der Waals surface area (Å²) >= 11 is 3.15. The molecule has 7 heteroatoms. The molecule has 0 aliphatic carbocycles. The number of halogens is 3. The summed E-state index contributed by atoms with van der Waals surface area (Å²) < 4.78 is 32.8. The van der Waals surface area contributed by atoms with Crippen LogP contribution in [0.25, 0.3) is 0 Å². The second kappa shape index (κ2) is 8.03. The molecule has 0 aliphatic rings. The predicted octanol–water partition coefficient (Wildman–Crippen LogP) is 4.57. The molecule has 0 bridgehead atoms. The van der Waals surface area contributed by atoms with Crippen LogP contribution in [-0.4, -0.2) is 9.97 Å². The summed E-state index contributed by atoms with van der Waals surface area (Å²) in [5.74, 6) is -1.07. The van der Waals surface area contributed by atoms with Crippen LogP contribution in [0.5, 0.6) is 5.88 Å². The monoisotopic (exact) mass is 373 g/mol. The van der Waals surface area contributed by atoms with Gasteiger partial charge in [0.1, 0.15) is 22.3 Å². The molecule has 4 nitrogen and oxygen atoms in total. The van der Waals surface area contributed by atoms with Crippen molar-refractivity contribution in [1.82, 2.24) is 9.97 Å². The van der Waals surface area contributed by atoms with E-state index in [-0.39, 0.29) is 11.7 Å². The predicted molar refractivity (Wildman–Crippen MR) is 85.6 cm³/mol. The van der Waals surface area contributed by atoms with Crippen molar-refractivity contribution in [1.29, 1.82) is 0 Å². The third kappa shape index (κ3) is 4.37. The van der Waals surface area contributed by atoms with Crippen LogP contribution in [0, 0.1) is 18.6 Å². The molecule has 0 radical (unpaired) electrons. The highest BCUT2D eigenvalue weighted by Gasteiger charge is 2.17. The Morgan fingerprint density at radius 1 is 1.27 bits per heavy atom. The first kappa shape index (κ1) is 18.3. The van der Waals surface area contributed by atoms with Crippen LogP contribution in [0.3, 0.4) is 0 Å². The molecule has 0 spiro atoms. The fourth-order valence-electron chi connectivity index (χ4n) is 1.77. The molecule has 0 saturated carbocycles. The number of rotatable bonds is 3. The van der Waals surface area contributed by atoms with Gasteiger partial charge in [0.25, 0.3) is 5.88 Å². The summed E-state index contributed by atoms with van der Waals surface area (Å²) in [6, 6.07) is 2.06. The van der Waals surface area contributed by atoms with Gasteiger partial charge in [0.15, 0.2) is 5.82 Å². The number of hydrogen-bond acceptors (Lipinski definition) is 4. The molecule has 0 amide bonds. The van der Waals surface area contributed by atoms with Gasteiger partial charge in [0, 0.05) is 11.6 Å². The van der Waals surface area contributed by atoms with Crippen LogP contribution in [0.15, 0.2) is 22.9 Å². The van der Waals surface area contributed by atoms with Crippen molar-refractivity contribution < 1.29 is 13.5 Å². The lowest BCUT2D eigenvalue weighted by Gasteiger charge is -2.17. The molecule has 22 heavy (non-hydrogen) atoms. The van der Waals surface area contributed by atoms with Crippen LogP contribution in [0.4, 0.5) is 14.6 Å². The molecule has 0 saturated heterocycles. The van der Waals surface area contributed by atoms with Gasteiger partial charge in [-0.3, -0.25) is 0 Å². The van der Waals surface area contributed by atoms with Crippen molar-refractivity contribution in [3.8, 4) is 5.88 Å². The molecule has 1 heterocycles. The molecule has 2 aromatic rings. The lowest BCUT2D eigenvalue weighted by Crippen LogP contribution is -2.10. The fraction of sp³-hybridized carbons (Fsp3) is 0.333. The molecule has 2 N–H and O–H groups in total. The molecular formula is C15H18BrF2N3O. The largest absolute Gasteiger partial charge is 0.467 e. The molecule has 2 rings (SSSR count). The van der Waals surface area contributed by atoms with Crippen molar-refractivity contribution in [2.45, 2.75) is 33.8 Å². The van der Waals surface area contributed by atoms with Crippen LogP contribution < -0.4 is 10.5 Å². The van der Waals surface area contributed by atoms with Crippen LogP contribution in [-0.2, 0) is 0 Å². The second-order valence-corrected chi connectivity index (χ2v) is 5.06. The first-order valence-electron chi connectivity index (χ1n) is 6.78. The van der Waals surface area contributed by atoms with E-state index in [2.05, 4.69) is 25.9 Å². The highest BCUT2D eigenvalue weighted by atomic mass is 79.9. The van der Waals surface area contributed by atoms with Gasteiger partial charge < -0.3 is 10.5 Å². The van der Waals surface area contributed by atoms with E-state index in [0.717, 1.165) is 6.07 Å². The highest BCUT2D eigenvalue weighted by Crippen LogP contribution is 2.28. The maximum Gasteiger partial charge on any atom is 0.258 e. The topological polar surface area (TPSA) is 61.0 Å². The zero-order valence-corrected chi connectivity index (χ0v) is 14.4. The Balaban J connectivity index is 0.00000116. The molecule has 1 aromatic carbocycles. The van der Waals surface area contributed by atoms with Crippen molar-refractivity contribution in [2.24, 2.45) is 0 Å². The third-order valence-electron chi connectivity index (χ3n) is 2.81. The summed E-state index contributed by atoms with van der Waals surface area (Å²) in [5, 5.41) is 0. The number of nitrogen functional groups attached to an aromatic ring is 1. The fourth-order valence-corrected chi connectivity index (χ4v) is 2.03. The molecule has 0 fully saturated rings. The zero-order valence-electron chi connectivity index (χ0n) is 12.8. The van der Waals surface area contributed by atoms with E-state index in [0.29, 0.717) is 15.7 Å². The number of hydrogen-bond donors (Lipinski definition) is 1. The number of ether oxygens (including phenoxy) is 1. The summed E-state index contributed by atoms with van der Waals surface area (Å²) in [5.41, 5.74) is 6.36. The molecule has 0 aliphatic heterocycles.